The highest BCUT2D eigenvalue weighted by Gasteiger charge is 2.43. The van der Waals surface area contributed by atoms with Crippen LogP contribution in [0.1, 0.15) is 44.3 Å². The minimum atomic E-state index is -0.892. The first-order valence-corrected chi connectivity index (χ1v) is 9.82. The van der Waals surface area contributed by atoms with E-state index < -0.39 is 11.6 Å². The van der Waals surface area contributed by atoms with Gasteiger partial charge in [-0.2, -0.15) is 0 Å². The molecule has 2 rings (SSSR count). The van der Waals surface area contributed by atoms with Gasteiger partial charge in [-0.15, -0.1) is 11.8 Å². The van der Waals surface area contributed by atoms with Gasteiger partial charge < -0.3 is 15.2 Å². The molecule has 2 N–H and O–H groups in total. The third-order valence-electron chi connectivity index (χ3n) is 4.78. The first-order chi connectivity index (χ1) is 12.0. The van der Waals surface area contributed by atoms with E-state index in [1.807, 2.05) is 30.3 Å². The van der Waals surface area contributed by atoms with Gasteiger partial charge >= 0.3 is 5.97 Å². The summed E-state index contributed by atoms with van der Waals surface area (Å²) in [5.74, 6) is 0.648. The molecule has 0 saturated heterocycles. The number of benzene rings is 1. The molecule has 0 aromatic heterocycles. The number of amides is 1. The maximum absolute atomic E-state index is 12.3. The van der Waals surface area contributed by atoms with E-state index in [1.165, 1.54) is 18.9 Å². The minimum Gasteiger partial charge on any atom is -0.467 e. The van der Waals surface area contributed by atoms with E-state index in [0.29, 0.717) is 24.5 Å². The lowest BCUT2D eigenvalue weighted by atomic mass is 9.77. The van der Waals surface area contributed by atoms with Crippen LogP contribution in [-0.4, -0.2) is 41.1 Å². The minimum absolute atomic E-state index is 0.190. The van der Waals surface area contributed by atoms with Crippen molar-refractivity contribution in [2.24, 2.45) is 5.92 Å². The Bertz CT molecular complexity index is 570. The Morgan fingerprint density at radius 1 is 1.32 bits per heavy atom. The molecule has 0 aliphatic heterocycles. The highest BCUT2D eigenvalue weighted by molar-refractivity contribution is 7.99. The fraction of sp³-hybridized carbons (Fsp3) is 0.579. The van der Waals surface area contributed by atoms with Crippen LogP contribution in [0.2, 0.25) is 0 Å². The van der Waals surface area contributed by atoms with E-state index >= 15 is 0 Å². The molecule has 0 radical (unpaired) electrons. The van der Waals surface area contributed by atoms with Gasteiger partial charge in [0.1, 0.15) is 5.54 Å². The Labute approximate surface area is 153 Å². The van der Waals surface area contributed by atoms with Crippen LogP contribution < -0.4 is 5.32 Å². The fourth-order valence-electron chi connectivity index (χ4n) is 3.17. The monoisotopic (exact) mass is 365 g/mol. The van der Waals surface area contributed by atoms with Crippen LogP contribution >= 0.6 is 11.8 Å². The number of ether oxygens (including phenoxy) is 1. The summed E-state index contributed by atoms with van der Waals surface area (Å²) in [6.07, 6.45) is 2.42. The van der Waals surface area contributed by atoms with E-state index in [9.17, 15) is 14.7 Å². The van der Waals surface area contributed by atoms with Crippen molar-refractivity contribution in [2.75, 3.05) is 18.6 Å². The lowest BCUT2D eigenvalue weighted by Crippen LogP contribution is -2.57. The second-order valence-electron chi connectivity index (χ2n) is 6.75. The molecule has 138 valence electrons. The zero-order valence-electron chi connectivity index (χ0n) is 14.9. The summed E-state index contributed by atoms with van der Waals surface area (Å²) in [6, 6.07) is 9.37. The lowest BCUT2D eigenvalue weighted by Gasteiger charge is -2.37. The van der Waals surface area contributed by atoms with E-state index in [0.717, 1.165) is 18.4 Å². The molecule has 25 heavy (non-hydrogen) atoms. The van der Waals surface area contributed by atoms with Crippen LogP contribution in [0.3, 0.4) is 0 Å². The molecule has 0 spiro atoms. The molecule has 0 bridgehead atoms. The van der Waals surface area contributed by atoms with Crippen molar-refractivity contribution < 1.29 is 19.4 Å². The summed E-state index contributed by atoms with van der Waals surface area (Å²) in [5.41, 5.74) is -0.0561. The van der Waals surface area contributed by atoms with Crippen LogP contribution in [0.5, 0.6) is 0 Å². The van der Waals surface area contributed by atoms with Crippen molar-refractivity contribution in [3.8, 4) is 0 Å². The standard InChI is InChI=1S/C19H27NO4S/c1-14-8-10-19(11-9-14,18(23)24-2)20-17(22)13-25-12-16(21)15-6-4-3-5-7-15/h3-7,14,16,21H,8-13H2,1-2H3,(H,20,22). The van der Waals surface area contributed by atoms with Crippen molar-refractivity contribution in [3.63, 3.8) is 0 Å². The first-order valence-electron chi connectivity index (χ1n) is 8.67. The number of aliphatic hydroxyl groups excluding tert-OH is 1. The van der Waals surface area contributed by atoms with Gasteiger partial charge in [-0.1, -0.05) is 37.3 Å². The Morgan fingerprint density at radius 3 is 2.56 bits per heavy atom. The molecule has 1 aliphatic carbocycles. The number of hydrogen-bond donors (Lipinski definition) is 2. The molecular formula is C19H27NO4S. The van der Waals surface area contributed by atoms with E-state index in [4.69, 9.17) is 4.74 Å². The molecule has 1 aliphatic rings. The van der Waals surface area contributed by atoms with Crippen LogP contribution in [0.15, 0.2) is 30.3 Å². The summed E-state index contributed by atoms with van der Waals surface area (Å²) in [6.45, 7) is 2.16. The number of aliphatic hydroxyl groups is 1. The molecular weight excluding hydrogens is 338 g/mol. The highest BCUT2D eigenvalue weighted by Crippen LogP contribution is 2.33. The van der Waals surface area contributed by atoms with Gasteiger partial charge in [-0.3, -0.25) is 4.79 Å². The first kappa shape index (κ1) is 19.8. The van der Waals surface area contributed by atoms with Crippen molar-refractivity contribution >= 4 is 23.6 Å². The topological polar surface area (TPSA) is 75.6 Å². The largest absolute Gasteiger partial charge is 0.467 e. The number of carbonyl (C=O) groups excluding carboxylic acids is 2. The maximum atomic E-state index is 12.3. The number of methoxy groups -OCH3 is 1. The number of hydrogen-bond acceptors (Lipinski definition) is 5. The van der Waals surface area contributed by atoms with E-state index in [-0.39, 0.29) is 17.6 Å². The van der Waals surface area contributed by atoms with Crippen molar-refractivity contribution in [3.05, 3.63) is 35.9 Å². The fourth-order valence-corrected chi connectivity index (χ4v) is 3.96. The van der Waals surface area contributed by atoms with Crippen LogP contribution in [-0.2, 0) is 14.3 Å². The molecule has 1 aromatic rings. The molecule has 1 amide bonds. The predicted octanol–water partition coefficient (Wildman–Crippen LogP) is 2.69. The van der Waals surface area contributed by atoms with Gasteiger partial charge in [0.25, 0.3) is 0 Å². The number of thioether (sulfide) groups is 1. The SMILES string of the molecule is COC(=O)C1(NC(=O)CSCC(O)c2ccccc2)CCC(C)CC1. The Kier molecular flexibility index (Phi) is 7.32. The quantitative estimate of drug-likeness (QED) is 0.727. The van der Waals surface area contributed by atoms with Gasteiger partial charge in [-0.25, -0.2) is 4.79 Å². The third kappa shape index (κ3) is 5.47. The summed E-state index contributed by atoms with van der Waals surface area (Å²) < 4.78 is 4.93. The second kappa shape index (κ2) is 9.25. The van der Waals surface area contributed by atoms with Crippen LogP contribution in [0.4, 0.5) is 0 Å². The van der Waals surface area contributed by atoms with Gasteiger partial charge in [0, 0.05) is 5.75 Å². The normalized spacial score (nSPS) is 24.4. The summed E-state index contributed by atoms with van der Waals surface area (Å²) >= 11 is 1.36. The lowest BCUT2D eigenvalue weighted by molar-refractivity contribution is -0.152. The van der Waals surface area contributed by atoms with Crippen molar-refractivity contribution in [2.45, 2.75) is 44.2 Å². The van der Waals surface area contributed by atoms with E-state index in [1.54, 1.807) is 0 Å². The number of rotatable bonds is 7. The Morgan fingerprint density at radius 2 is 1.96 bits per heavy atom. The number of esters is 1. The van der Waals surface area contributed by atoms with Crippen molar-refractivity contribution in [1.82, 2.24) is 5.32 Å². The predicted molar refractivity (Wildman–Crippen MR) is 99.2 cm³/mol. The Hall–Kier alpha value is -1.53. The van der Waals surface area contributed by atoms with E-state index in [2.05, 4.69) is 12.2 Å². The zero-order chi connectivity index (χ0) is 18.3. The highest BCUT2D eigenvalue weighted by atomic mass is 32.2. The number of nitrogens with one attached hydrogen (secondary N) is 1. The summed E-state index contributed by atoms with van der Waals surface area (Å²) in [7, 11) is 1.36. The third-order valence-corrected chi connectivity index (χ3v) is 5.79. The smallest absolute Gasteiger partial charge is 0.331 e. The van der Waals surface area contributed by atoms with Gasteiger partial charge in [0.15, 0.2) is 0 Å². The molecule has 1 atom stereocenters. The molecule has 5 nitrogen and oxygen atoms in total. The average molecular weight is 365 g/mol. The molecule has 1 aromatic carbocycles. The van der Waals surface area contributed by atoms with Gasteiger partial charge in [0.05, 0.1) is 19.0 Å². The molecule has 1 fully saturated rings. The van der Waals surface area contributed by atoms with Crippen molar-refractivity contribution in [1.29, 1.82) is 0 Å². The Balaban J connectivity index is 1.84. The molecule has 1 unspecified atom stereocenters. The van der Waals surface area contributed by atoms with Gasteiger partial charge in [0.2, 0.25) is 5.91 Å². The average Bonchev–Trinajstić information content (AvgIpc) is 2.63. The number of carbonyl (C=O) groups is 2. The molecule has 0 heterocycles. The van der Waals surface area contributed by atoms with Gasteiger partial charge in [-0.05, 0) is 37.2 Å². The molecule has 6 heteroatoms. The van der Waals surface area contributed by atoms with Crippen LogP contribution in [0, 0.1) is 5.92 Å². The maximum Gasteiger partial charge on any atom is 0.331 e. The summed E-state index contributed by atoms with van der Waals surface area (Å²) in [5, 5.41) is 13.0. The molecule has 1 saturated carbocycles. The zero-order valence-corrected chi connectivity index (χ0v) is 15.7. The second-order valence-corrected chi connectivity index (χ2v) is 7.78. The van der Waals surface area contributed by atoms with Crippen LogP contribution in [0.25, 0.3) is 0 Å². The summed E-state index contributed by atoms with van der Waals surface area (Å²) in [4.78, 5) is 24.5.